The third-order valence-electron chi connectivity index (χ3n) is 4.68. The van der Waals surface area contributed by atoms with Gasteiger partial charge < -0.3 is 5.32 Å². The van der Waals surface area contributed by atoms with E-state index in [0.717, 1.165) is 31.7 Å². The van der Waals surface area contributed by atoms with Crippen molar-refractivity contribution in [1.82, 2.24) is 10.2 Å². The van der Waals surface area contributed by atoms with Crippen LogP contribution in [0, 0.1) is 17.6 Å². The first-order chi connectivity index (χ1) is 9.75. The van der Waals surface area contributed by atoms with Crippen LogP contribution in [0.1, 0.15) is 37.3 Å². The van der Waals surface area contributed by atoms with E-state index in [2.05, 4.69) is 10.2 Å². The Morgan fingerprint density at radius 3 is 2.23 bits per heavy atom. The first-order valence-corrected chi connectivity index (χ1v) is 7.65. The van der Waals surface area contributed by atoms with Crippen LogP contribution >= 0.6 is 24.8 Å². The van der Waals surface area contributed by atoms with Gasteiger partial charge in [0.15, 0.2) is 11.6 Å². The molecule has 2 fully saturated rings. The molecule has 22 heavy (non-hydrogen) atoms. The summed E-state index contributed by atoms with van der Waals surface area (Å²) in [5.41, 5.74) is 0.942. The first kappa shape index (κ1) is 19.6. The Kier molecular flexibility index (Phi) is 8.04. The maximum absolute atomic E-state index is 13.6. The van der Waals surface area contributed by atoms with Crippen LogP contribution in [-0.2, 0) is 0 Å². The highest BCUT2D eigenvalue weighted by molar-refractivity contribution is 5.85. The summed E-state index contributed by atoms with van der Waals surface area (Å²) >= 11 is 0. The second-order valence-corrected chi connectivity index (χ2v) is 5.95. The maximum Gasteiger partial charge on any atom is 0.159 e. The van der Waals surface area contributed by atoms with Crippen molar-refractivity contribution in [2.24, 2.45) is 5.92 Å². The number of rotatable bonds is 3. The minimum atomic E-state index is -0.751. The normalized spacial score (nSPS) is 21.0. The molecule has 1 saturated carbocycles. The molecular formula is C16H24Cl2F2N2. The molecule has 1 aromatic carbocycles. The molecule has 0 spiro atoms. The lowest BCUT2D eigenvalue weighted by Crippen LogP contribution is -2.46. The molecule has 1 heterocycles. The minimum absolute atomic E-state index is 0. The summed E-state index contributed by atoms with van der Waals surface area (Å²) in [6.07, 6.45) is 4.93. The van der Waals surface area contributed by atoms with Crippen LogP contribution in [0.15, 0.2) is 18.2 Å². The Bertz CT molecular complexity index is 461. The van der Waals surface area contributed by atoms with Gasteiger partial charge in [0.1, 0.15) is 0 Å². The lowest BCUT2D eigenvalue weighted by Gasteiger charge is -2.38. The number of benzene rings is 1. The lowest BCUT2D eigenvalue weighted by atomic mass is 9.89. The molecule has 0 amide bonds. The van der Waals surface area contributed by atoms with E-state index in [-0.39, 0.29) is 30.9 Å². The van der Waals surface area contributed by atoms with Gasteiger partial charge in [0.25, 0.3) is 0 Å². The molecule has 0 aromatic heterocycles. The zero-order chi connectivity index (χ0) is 13.9. The van der Waals surface area contributed by atoms with Crippen LogP contribution in [0.2, 0.25) is 0 Å². The van der Waals surface area contributed by atoms with Crippen LogP contribution in [0.4, 0.5) is 8.78 Å². The van der Waals surface area contributed by atoms with Crippen molar-refractivity contribution >= 4 is 24.8 Å². The van der Waals surface area contributed by atoms with Crippen molar-refractivity contribution in [3.8, 4) is 0 Å². The topological polar surface area (TPSA) is 15.3 Å². The van der Waals surface area contributed by atoms with Gasteiger partial charge in [-0.2, -0.15) is 0 Å². The fourth-order valence-electron chi connectivity index (χ4n) is 3.71. The fourth-order valence-corrected chi connectivity index (χ4v) is 3.71. The number of halogens is 4. The Morgan fingerprint density at radius 2 is 1.64 bits per heavy atom. The van der Waals surface area contributed by atoms with E-state index in [0.29, 0.717) is 5.92 Å². The molecule has 126 valence electrons. The van der Waals surface area contributed by atoms with Crippen LogP contribution in [0.3, 0.4) is 0 Å². The average molecular weight is 353 g/mol. The van der Waals surface area contributed by atoms with E-state index in [4.69, 9.17) is 0 Å². The molecule has 0 bridgehead atoms. The minimum Gasteiger partial charge on any atom is -0.314 e. The second-order valence-electron chi connectivity index (χ2n) is 5.95. The Balaban J connectivity index is 0.00000121. The van der Waals surface area contributed by atoms with E-state index in [9.17, 15) is 8.78 Å². The largest absolute Gasteiger partial charge is 0.314 e. The van der Waals surface area contributed by atoms with Gasteiger partial charge in [0.2, 0.25) is 0 Å². The van der Waals surface area contributed by atoms with E-state index in [1.54, 1.807) is 6.07 Å². The zero-order valence-electron chi connectivity index (χ0n) is 12.6. The predicted molar refractivity (Wildman–Crippen MR) is 90.0 cm³/mol. The molecule has 3 rings (SSSR count). The summed E-state index contributed by atoms with van der Waals surface area (Å²) in [7, 11) is 0. The standard InChI is InChI=1S/C16H22F2N2.2ClH/c17-14-6-5-13(11-15(14)18)16(12-3-1-2-4-12)20-9-7-19-8-10-20;;/h5-6,11-12,16,19H,1-4,7-10H2;2*1H/t16-;;/m1../s1. The SMILES string of the molecule is Cl.Cl.Fc1ccc([C@@H](C2CCCC2)N2CCNCC2)cc1F. The molecule has 2 aliphatic rings. The van der Waals surface area contributed by atoms with E-state index < -0.39 is 11.6 Å². The van der Waals surface area contributed by atoms with Gasteiger partial charge in [-0.05, 0) is 36.5 Å². The quantitative estimate of drug-likeness (QED) is 0.885. The maximum atomic E-state index is 13.6. The van der Waals surface area contributed by atoms with E-state index >= 15 is 0 Å². The summed E-state index contributed by atoms with van der Waals surface area (Å²) in [6, 6.07) is 4.69. The molecule has 1 aliphatic heterocycles. The van der Waals surface area contributed by atoms with Crippen molar-refractivity contribution in [2.75, 3.05) is 26.2 Å². The molecule has 6 heteroatoms. The third-order valence-corrected chi connectivity index (χ3v) is 4.68. The molecule has 1 aliphatic carbocycles. The smallest absolute Gasteiger partial charge is 0.159 e. The molecule has 1 N–H and O–H groups in total. The van der Waals surface area contributed by atoms with Gasteiger partial charge in [-0.25, -0.2) is 8.78 Å². The van der Waals surface area contributed by atoms with Gasteiger partial charge in [0, 0.05) is 32.2 Å². The number of hydrogen-bond acceptors (Lipinski definition) is 2. The van der Waals surface area contributed by atoms with Crippen LogP contribution in [0.25, 0.3) is 0 Å². The molecule has 1 atom stereocenters. The summed E-state index contributed by atoms with van der Waals surface area (Å²) in [5, 5.41) is 3.36. The molecule has 1 aromatic rings. The Hall–Kier alpha value is -0.420. The third kappa shape index (κ3) is 4.31. The van der Waals surface area contributed by atoms with Crippen molar-refractivity contribution in [3.63, 3.8) is 0 Å². The van der Waals surface area contributed by atoms with Gasteiger partial charge in [0.05, 0.1) is 0 Å². The number of nitrogens with one attached hydrogen (secondary N) is 1. The monoisotopic (exact) mass is 352 g/mol. The van der Waals surface area contributed by atoms with Crippen molar-refractivity contribution in [3.05, 3.63) is 35.4 Å². The number of hydrogen-bond donors (Lipinski definition) is 1. The van der Waals surface area contributed by atoms with Crippen LogP contribution in [-0.4, -0.2) is 31.1 Å². The first-order valence-electron chi connectivity index (χ1n) is 7.65. The van der Waals surface area contributed by atoms with Crippen LogP contribution < -0.4 is 5.32 Å². The molecule has 1 saturated heterocycles. The van der Waals surface area contributed by atoms with E-state index in [1.807, 2.05) is 0 Å². The van der Waals surface area contributed by atoms with Gasteiger partial charge >= 0.3 is 0 Å². The summed E-state index contributed by atoms with van der Waals surface area (Å²) in [6.45, 7) is 3.93. The van der Waals surface area contributed by atoms with Crippen molar-refractivity contribution in [1.29, 1.82) is 0 Å². The highest BCUT2D eigenvalue weighted by Gasteiger charge is 2.32. The molecule has 2 nitrogen and oxygen atoms in total. The number of nitrogens with zero attached hydrogens (tertiary/aromatic N) is 1. The summed E-state index contributed by atoms with van der Waals surface area (Å²) in [4.78, 5) is 2.44. The van der Waals surface area contributed by atoms with Gasteiger partial charge in [-0.1, -0.05) is 18.9 Å². The van der Waals surface area contributed by atoms with Gasteiger partial charge in [-0.15, -0.1) is 24.8 Å². The predicted octanol–water partition coefficient (Wildman–Crippen LogP) is 3.94. The van der Waals surface area contributed by atoms with Crippen molar-refractivity contribution < 1.29 is 8.78 Å². The van der Waals surface area contributed by atoms with Crippen molar-refractivity contribution in [2.45, 2.75) is 31.7 Å². The zero-order valence-corrected chi connectivity index (χ0v) is 14.2. The summed E-state index contributed by atoms with van der Waals surface area (Å²) < 4.78 is 26.8. The fraction of sp³-hybridized carbons (Fsp3) is 0.625. The molecule has 0 radical (unpaired) electrons. The van der Waals surface area contributed by atoms with Crippen LogP contribution in [0.5, 0.6) is 0 Å². The highest BCUT2D eigenvalue weighted by Crippen LogP contribution is 2.39. The molecule has 0 unspecified atom stereocenters. The highest BCUT2D eigenvalue weighted by atomic mass is 35.5. The molecular weight excluding hydrogens is 329 g/mol. The average Bonchev–Trinajstić information content (AvgIpc) is 2.98. The summed E-state index contributed by atoms with van der Waals surface area (Å²) in [5.74, 6) is -0.891. The second kappa shape index (κ2) is 9.02. The van der Waals surface area contributed by atoms with E-state index in [1.165, 1.54) is 37.8 Å². The Morgan fingerprint density at radius 1 is 1.00 bits per heavy atom. The van der Waals surface area contributed by atoms with Gasteiger partial charge in [-0.3, -0.25) is 4.90 Å². The Labute approximate surface area is 143 Å². The lowest BCUT2D eigenvalue weighted by molar-refractivity contribution is 0.125. The number of piperazine rings is 1.